The van der Waals surface area contributed by atoms with Crippen LogP contribution in [0.3, 0.4) is 0 Å². The van der Waals surface area contributed by atoms with Crippen molar-refractivity contribution < 1.29 is 35.1 Å². The van der Waals surface area contributed by atoms with E-state index in [0.29, 0.717) is 12.8 Å². The largest absolute Gasteiger partial charge is 0.507 e. The second kappa shape index (κ2) is 5.94. The lowest BCUT2D eigenvalue weighted by Gasteiger charge is -2.54. The number of aliphatic hydroxyl groups excluding tert-OH is 2. The molecule has 0 saturated heterocycles. The highest BCUT2D eigenvalue weighted by Crippen LogP contribution is 2.61. The monoisotopic (exact) mass is 378 g/mol. The third-order valence-corrected chi connectivity index (χ3v) is 6.69. The molecule has 2 aliphatic rings. The second-order valence-corrected chi connectivity index (χ2v) is 8.71. The molecule has 0 aromatic heterocycles. The predicted octanol–water partition coefficient (Wildman–Crippen LogP) is 1.72. The van der Waals surface area contributed by atoms with Crippen molar-refractivity contribution >= 4 is 11.6 Å². The van der Waals surface area contributed by atoms with E-state index >= 15 is 0 Å². The van der Waals surface area contributed by atoms with E-state index in [9.17, 15) is 35.1 Å². The summed E-state index contributed by atoms with van der Waals surface area (Å²) < 4.78 is 0. The number of rotatable bonds is 2. The summed E-state index contributed by atoms with van der Waals surface area (Å²) in [5.74, 6) is -5.06. The first-order chi connectivity index (χ1) is 12.4. The van der Waals surface area contributed by atoms with Crippen molar-refractivity contribution in [2.45, 2.75) is 58.0 Å². The fourth-order valence-corrected chi connectivity index (χ4v) is 5.18. The molecule has 0 aliphatic heterocycles. The summed E-state index contributed by atoms with van der Waals surface area (Å²) in [5.41, 5.74) is -2.39. The molecule has 1 fully saturated rings. The minimum absolute atomic E-state index is 0.0426. The van der Waals surface area contributed by atoms with Gasteiger partial charge in [-0.2, -0.15) is 0 Å². The Hall–Kier alpha value is -2.12. The van der Waals surface area contributed by atoms with Crippen LogP contribution in [0.5, 0.6) is 17.2 Å². The zero-order valence-corrected chi connectivity index (χ0v) is 15.9. The van der Waals surface area contributed by atoms with Gasteiger partial charge in [-0.3, -0.25) is 9.59 Å². The number of ketones is 2. The number of aromatic hydroxyl groups is 3. The normalized spacial score (nSPS) is 30.6. The molecule has 1 saturated carbocycles. The van der Waals surface area contributed by atoms with Crippen LogP contribution in [0.15, 0.2) is 0 Å². The number of phenolic OH excluding ortho intramolecular Hbond substituents is 3. The fraction of sp³-hybridized carbons (Fsp3) is 0.600. The van der Waals surface area contributed by atoms with Crippen molar-refractivity contribution in [2.24, 2.45) is 11.3 Å². The van der Waals surface area contributed by atoms with E-state index < -0.39 is 64.2 Å². The summed E-state index contributed by atoms with van der Waals surface area (Å²) in [5, 5.41) is 51.8. The number of Topliss-reactive ketones (excluding diaryl/α,β-unsaturated/α-hetero) is 2. The van der Waals surface area contributed by atoms with Gasteiger partial charge in [0.1, 0.15) is 5.75 Å². The van der Waals surface area contributed by atoms with E-state index in [2.05, 4.69) is 0 Å². The second-order valence-electron chi connectivity index (χ2n) is 8.71. The van der Waals surface area contributed by atoms with Crippen molar-refractivity contribution in [3.8, 4) is 17.2 Å². The predicted molar refractivity (Wildman–Crippen MR) is 96.1 cm³/mol. The Morgan fingerprint density at radius 1 is 1.07 bits per heavy atom. The Balaban J connectivity index is 2.40. The zero-order chi connectivity index (χ0) is 20.5. The average molecular weight is 378 g/mol. The number of carbonyl (C=O) groups is 2. The molecule has 7 nitrogen and oxygen atoms in total. The lowest BCUT2D eigenvalue weighted by molar-refractivity contribution is -0.137. The van der Waals surface area contributed by atoms with Crippen molar-refractivity contribution in [1.29, 1.82) is 0 Å². The van der Waals surface area contributed by atoms with Gasteiger partial charge < -0.3 is 25.5 Å². The molecule has 1 aromatic carbocycles. The number of hydrogen-bond acceptors (Lipinski definition) is 7. The summed E-state index contributed by atoms with van der Waals surface area (Å²) >= 11 is 0. The van der Waals surface area contributed by atoms with Gasteiger partial charge >= 0.3 is 0 Å². The van der Waals surface area contributed by atoms with E-state index in [1.807, 2.05) is 0 Å². The molecule has 3 rings (SSSR count). The van der Waals surface area contributed by atoms with Gasteiger partial charge in [0.25, 0.3) is 0 Å². The summed E-state index contributed by atoms with van der Waals surface area (Å²) in [7, 11) is 0. The molecular weight excluding hydrogens is 352 g/mol. The molecule has 7 heteroatoms. The van der Waals surface area contributed by atoms with Crippen LogP contribution in [0.2, 0.25) is 0 Å². The Bertz CT molecular complexity index is 841. The van der Waals surface area contributed by atoms with Crippen LogP contribution in [0.1, 0.15) is 67.9 Å². The van der Waals surface area contributed by atoms with E-state index in [1.165, 1.54) is 6.92 Å². The van der Waals surface area contributed by atoms with Gasteiger partial charge in [0.05, 0.1) is 11.7 Å². The highest BCUT2D eigenvalue weighted by molar-refractivity contribution is 6.47. The maximum absolute atomic E-state index is 13.0. The molecule has 148 valence electrons. The zero-order valence-electron chi connectivity index (χ0n) is 15.9. The molecule has 0 amide bonds. The van der Waals surface area contributed by atoms with Crippen LogP contribution in [-0.2, 0) is 10.2 Å². The van der Waals surface area contributed by atoms with Crippen molar-refractivity contribution in [3.05, 3.63) is 16.7 Å². The first-order valence-corrected chi connectivity index (χ1v) is 9.09. The molecule has 2 aliphatic carbocycles. The van der Waals surface area contributed by atoms with Crippen molar-refractivity contribution in [1.82, 2.24) is 0 Å². The van der Waals surface area contributed by atoms with Crippen LogP contribution >= 0.6 is 0 Å². The Morgan fingerprint density at radius 2 is 1.67 bits per heavy atom. The molecular formula is C20H26O7. The van der Waals surface area contributed by atoms with Gasteiger partial charge in [-0.25, -0.2) is 0 Å². The number of aliphatic hydroxyl groups is 2. The molecule has 0 bridgehead atoms. The van der Waals surface area contributed by atoms with Crippen LogP contribution in [0, 0.1) is 11.3 Å². The molecule has 5 N–H and O–H groups in total. The van der Waals surface area contributed by atoms with E-state index in [0.717, 1.165) is 0 Å². The quantitative estimate of drug-likeness (QED) is 0.300. The maximum Gasteiger partial charge on any atom is 0.233 e. The maximum atomic E-state index is 13.0. The number of benzene rings is 1. The highest BCUT2D eigenvalue weighted by Gasteiger charge is 2.61. The van der Waals surface area contributed by atoms with Gasteiger partial charge in [0.2, 0.25) is 11.6 Å². The first-order valence-electron chi connectivity index (χ1n) is 9.09. The average Bonchev–Trinajstić information content (AvgIpc) is 2.59. The number of carbonyl (C=O) groups excluding carboxylic acids is 2. The Labute approximate surface area is 157 Å². The lowest BCUT2D eigenvalue weighted by atomic mass is 9.48. The van der Waals surface area contributed by atoms with Gasteiger partial charge in [-0.15, -0.1) is 0 Å². The smallest absolute Gasteiger partial charge is 0.233 e. The molecule has 0 radical (unpaired) electrons. The first kappa shape index (κ1) is 19.6. The molecule has 27 heavy (non-hydrogen) atoms. The van der Waals surface area contributed by atoms with Gasteiger partial charge in [-0.1, -0.05) is 27.7 Å². The van der Waals surface area contributed by atoms with E-state index in [1.54, 1.807) is 20.8 Å². The van der Waals surface area contributed by atoms with Gasteiger partial charge in [0.15, 0.2) is 11.5 Å². The van der Waals surface area contributed by atoms with Crippen molar-refractivity contribution in [2.75, 3.05) is 6.61 Å². The highest BCUT2D eigenvalue weighted by atomic mass is 16.3. The van der Waals surface area contributed by atoms with Gasteiger partial charge in [0, 0.05) is 40.4 Å². The third kappa shape index (κ3) is 2.34. The molecule has 4 atom stereocenters. The summed E-state index contributed by atoms with van der Waals surface area (Å²) in [6, 6.07) is 0. The summed E-state index contributed by atoms with van der Waals surface area (Å²) in [4.78, 5) is 25.9. The van der Waals surface area contributed by atoms with Crippen LogP contribution < -0.4 is 0 Å². The number of fused-ring (bicyclic) bond motifs is 3. The van der Waals surface area contributed by atoms with E-state index in [4.69, 9.17) is 0 Å². The topological polar surface area (TPSA) is 135 Å². The molecule has 0 spiro atoms. The summed E-state index contributed by atoms with van der Waals surface area (Å²) in [6.07, 6.45) is -0.154. The third-order valence-electron chi connectivity index (χ3n) is 6.69. The molecule has 0 unspecified atom stereocenters. The van der Waals surface area contributed by atoms with Crippen LogP contribution in [-0.4, -0.2) is 49.8 Å². The molecule has 0 heterocycles. The van der Waals surface area contributed by atoms with Crippen LogP contribution in [0.25, 0.3) is 0 Å². The lowest BCUT2D eigenvalue weighted by Crippen LogP contribution is -2.59. The number of phenols is 3. The number of hydrogen-bond donors (Lipinski definition) is 5. The molecule has 1 aromatic rings. The minimum atomic E-state index is -1.04. The van der Waals surface area contributed by atoms with Crippen molar-refractivity contribution in [3.63, 3.8) is 0 Å². The van der Waals surface area contributed by atoms with E-state index in [-0.39, 0.29) is 16.7 Å². The van der Waals surface area contributed by atoms with Gasteiger partial charge in [-0.05, 0) is 12.8 Å². The minimum Gasteiger partial charge on any atom is -0.507 e. The Morgan fingerprint density at radius 3 is 2.22 bits per heavy atom. The van der Waals surface area contributed by atoms with Crippen LogP contribution in [0.4, 0.5) is 0 Å². The summed E-state index contributed by atoms with van der Waals surface area (Å²) in [6.45, 7) is 6.20. The Kier molecular flexibility index (Phi) is 4.32. The fourth-order valence-electron chi connectivity index (χ4n) is 5.18. The standard InChI is InChI=1S/C20H26O7/c1-8(7-21)10-13(23)11-12(16(26)14(10)24)20(4)6-5-9(22)19(2,3)18(20)17(27)15(11)25/h8-9,18,21-24,26H,5-7H2,1-4H3/t8-,9-,18+,20+/m1/s1. The SMILES string of the molecule is C[C@H](CO)c1c(O)c(O)c2c(c1O)C(=O)C(=O)[C@H]1C(C)(C)[C@H](O)CC[C@@]21C.